The molecular weight excluding hydrogens is 424 g/mol. The first-order valence-electron chi connectivity index (χ1n) is 9.49. The van der Waals surface area contributed by atoms with Gasteiger partial charge in [-0.1, -0.05) is 6.07 Å². The molecule has 1 aromatic carbocycles. The molecule has 0 aliphatic heterocycles. The number of anilines is 1. The smallest absolute Gasteiger partial charge is 0.293 e. The highest BCUT2D eigenvalue weighted by molar-refractivity contribution is 5.94. The number of alkyl halides is 2. The lowest BCUT2D eigenvalue weighted by Crippen LogP contribution is -2.20. The second-order valence-electron chi connectivity index (χ2n) is 7.14. The van der Waals surface area contributed by atoms with Crippen LogP contribution in [0.25, 0.3) is 22.5 Å². The van der Waals surface area contributed by atoms with Crippen molar-refractivity contribution in [1.82, 2.24) is 14.8 Å². The zero-order chi connectivity index (χ0) is 23.0. The second-order valence-corrected chi connectivity index (χ2v) is 7.14. The van der Waals surface area contributed by atoms with Crippen molar-refractivity contribution in [3.05, 3.63) is 69.6 Å². The van der Waals surface area contributed by atoms with Gasteiger partial charge in [-0.15, -0.1) is 0 Å². The summed E-state index contributed by atoms with van der Waals surface area (Å²) in [6.07, 6.45) is -1.40. The number of halogens is 2. The van der Waals surface area contributed by atoms with Crippen LogP contribution in [0.15, 0.2) is 47.1 Å². The van der Waals surface area contributed by atoms with Gasteiger partial charge >= 0.3 is 0 Å². The van der Waals surface area contributed by atoms with E-state index in [9.17, 15) is 23.7 Å². The number of nitro groups is 1. The Labute approximate surface area is 179 Å². The van der Waals surface area contributed by atoms with Gasteiger partial charge in [-0.25, -0.2) is 18.4 Å². The first kappa shape index (κ1) is 21.1. The third-order valence-electron chi connectivity index (χ3n) is 4.83. The van der Waals surface area contributed by atoms with Crippen LogP contribution in [-0.2, 0) is 11.3 Å². The van der Waals surface area contributed by atoms with Crippen LogP contribution in [0.4, 0.5) is 20.2 Å². The Morgan fingerprint density at radius 2 is 2.06 bits per heavy atom. The standard InChI is InChI=1S/C21H17F2N5O4/c1-11-5-6-14(16(8-11)28(30)31)24-18(29)10-27-21-19(12(2)26-27)13(20(22)23)9-15(25-21)17-4-3-7-32-17/h3-9,20H,10H2,1-2H3,(H,24,29). The summed E-state index contributed by atoms with van der Waals surface area (Å²) in [7, 11) is 0. The monoisotopic (exact) mass is 441 g/mol. The second kappa shape index (κ2) is 8.17. The van der Waals surface area contributed by atoms with E-state index in [1.807, 2.05) is 0 Å². The summed E-state index contributed by atoms with van der Waals surface area (Å²) in [5, 5.41) is 18.1. The molecule has 0 fully saturated rings. The van der Waals surface area contributed by atoms with Crippen LogP contribution < -0.4 is 5.32 Å². The molecule has 0 aliphatic carbocycles. The molecule has 4 rings (SSSR count). The highest BCUT2D eigenvalue weighted by atomic mass is 19.3. The van der Waals surface area contributed by atoms with Crippen molar-refractivity contribution in [1.29, 1.82) is 0 Å². The molecule has 3 heterocycles. The Bertz CT molecular complexity index is 1330. The number of hydrogen-bond acceptors (Lipinski definition) is 6. The maximum Gasteiger partial charge on any atom is 0.293 e. The highest BCUT2D eigenvalue weighted by Crippen LogP contribution is 2.33. The lowest BCUT2D eigenvalue weighted by molar-refractivity contribution is -0.384. The van der Waals surface area contributed by atoms with Crippen molar-refractivity contribution in [2.24, 2.45) is 0 Å². The topological polar surface area (TPSA) is 116 Å². The van der Waals surface area contributed by atoms with Crippen LogP contribution in [0, 0.1) is 24.0 Å². The van der Waals surface area contributed by atoms with Crippen LogP contribution >= 0.6 is 0 Å². The van der Waals surface area contributed by atoms with Gasteiger partial charge < -0.3 is 9.73 Å². The minimum absolute atomic E-state index is 0.0243. The zero-order valence-electron chi connectivity index (χ0n) is 17.0. The number of aryl methyl sites for hydroxylation is 2. The normalized spacial score (nSPS) is 11.3. The van der Waals surface area contributed by atoms with Crippen molar-refractivity contribution in [2.45, 2.75) is 26.8 Å². The summed E-state index contributed by atoms with van der Waals surface area (Å²) in [6, 6.07) is 8.83. The number of benzene rings is 1. The maximum absolute atomic E-state index is 13.8. The number of aromatic nitrogens is 3. The van der Waals surface area contributed by atoms with Gasteiger partial charge in [-0.3, -0.25) is 14.9 Å². The van der Waals surface area contributed by atoms with Gasteiger partial charge in [0.2, 0.25) is 5.91 Å². The molecule has 3 aromatic heterocycles. The molecule has 0 atom stereocenters. The van der Waals surface area contributed by atoms with Gasteiger partial charge in [0.05, 0.1) is 22.3 Å². The number of carbonyl (C=O) groups is 1. The van der Waals surface area contributed by atoms with Crippen LogP contribution in [0.1, 0.15) is 23.2 Å². The highest BCUT2D eigenvalue weighted by Gasteiger charge is 2.23. The number of nitro benzene ring substituents is 1. The molecule has 0 unspecified atom stereocenters. The molecule has 0 saturated carbocycles. The lowest BCUT2D eigenvalue weighted by atomic mass is 10.1. The Balaban J connectivity index is 1.72. The fourth-order valence-electron chi connectivity index (χ4n) is 3.44. The average molecular weight is 441 g/mol. The Morgan fingerprint density at radius 1 is 1.28 bits per heavy atom. The number of carbonyl (C=O) groups excluding carboxylic acids is 1. The van der Waals surface area contributed by atoms with Crippen LogP contribution in [0.2, 0.25) is 0 Å². The van der Waals surface area contributed by atoms with Gasteiger partial charge in [0.25, 0.3) is 12.1 Å². The summed E-state index contributed by atoms with van der Waals surface area (Å²) in [5.74, 6) is -0.330. The van der Waals surface area contributed by atoms with Crippen molar-refractivity contribution in [3.63, 3.8) is 0 Å². The molecule has 1 N–H and O–H groups in total. The maximum atomic E-state index is 13.8. The fraction of sp³-hybridized carbons (Fsp3) is 0.190. The quantitative estimate of drug-likeness (QED) is 0.340. The number of fused-ring (bicyclic) bond motifs is 1. The Morgan fingerprint density at radius 3 is 2.72 bits per heavy atom. The summed E-state index contributed by atoms with van der Waals surface area (Å²) in [6.45, 7) is 2.86. The molecule has 0 bridgehead atoms. The van der Waals surface area contributed by atoms with E-state index < -0.39 is 17.3 Å². The van der Waals surface area contributed by atoms with Crippen molar-refractivity contribution in [3.8, 4) is 11.5 Å². The molecule has 4 aromatic rings. The van der Waals surface area contributed by atoms with Crippen molar-refractivity contribution >= 4 is 28.3 Å². The van der Waals surface area contributed by atoms with Crippen molar-refractivity contribution < 1.29 is 22.9 Å². The molecule has 164 valence electrons. The molecule has 32 heavy (non-hydrogen) atoms. The van der Waals surface area contributed by atoms with Gasteiger partial charge in [0.15, 0.2) is 11.4 Å². The summed E-state index contributed by atoms with van der Waals surface area (Å²) < 4.78 is 34.0. The number of furan rings is 1. The molecule has 0 aliphatic rings. The van der Waals surface area contributed by atoms with E-state index in [2.05, 4.69) is 15.4 Å². The molecule has 11 heteroatoms. The molecule has 0 radical (unpaired) electrons. The van der Waals surface area contributed by atoms with E-state index in [0.29, 0.717) is 11.3 Å². The van der Waals surface area contributed by atoms with Gasteiger partial charge in [0, 0.05) is 11.6 Å². The number of nitrogens with zero attached hydrogens (tertiary/aromatic N) is 4. The van der Waals surface area contributed by atoms with E-state index in [1.165, 1.54) is 29.1 Å². The Kier molecular flexibility index (Phi) is 5.39. The minimum atomic E-state index is -2.80. The van der Waals surface area contributed by atoms with Gasteiger partial charge in [-0.2, -0.15) is 5.10 Å². The van der Waals surface area contributed by atoms with E-state index in [0.717, 1.165) is 0 Å². The molecule has 0 spiro atoms. The number of pyridine rings is 1. The van der Waals surface area contributed by atoms with Crippen LogP contribution in [-0.4, -0.2) is 25.6 Å². The largest absolute Gasteiger partial charge is 0.463 e. The Hall–Kier alpha value is -4.15. The summed E-state index contributed by atoms with van der Waals surface area (Å²) >= 11 is 0. The zero-order valence-corrected chi connectivity index (χ0v) is 17.0. The van der Waals surface area contributed by atoms with Crippen LogP contribution in [0.5, 0.6) is 0 Å². The average Bonchev–Trinajstić information content (AvgIpc) is 3.37. The van der Waals surface area contributed by atoms with Crippen molar-refractivity contribution in [2.75, 3.05) is 5.32 Å². The molecule has 0 saturated heterocycles. The SMILES string of the molecule is Cc1ccc(NC(=O)Cn2nc(C)c3c(C(F)F)cc(-c4ccco4)nc32)c([N+](=O)[O-])c1. The third-order valence-corrected chi connectivity index (χ3v) is 4.83. The summed E-state index contributed by atoms with van der Waals surface area (Å²) in [5.41, 5.74) is 0.698. The number of nitrogens with one attached hydrogen (secondary N) is 1. The first-order chi connectivity index (χ1) is 15.2. The fourth-order valence-corrected chi connectivity index (χ4v) is 3.44. The van der Waals surface area contributed by atoms with E-state index >= 15 is 0 Å². The number of rotatable bonds is 6. The van der Waals surface area contributed by atoms with Crippen LogP contribution in [0.3, 0.4) is 0 Å². The lowest BCUT2D eigenvalue weighted by Gasteiger charge is -2.09. The predicted octanol–water partition coefficient (Wildman–Crippen LogP) is 4.79. The molecule has 1 amide bonds. The minimum Gasteiger partial charge on any atom is -0.463 e. The van der Waals surface area contributed by atoms with E-state index in [1.54, 1.807) is 32.0 Å². The first-order valence-corrected chi connectivity index (χ1v) is 9.49. The number of hydrogen-bond donors (Lipinski definition) is 1. The predicted molar refractivity (Wildman–Crippen MR) is 111 cm³/mol. The van der Waals surface area contributed by atoms with E-state index in [-0.39, 0.29) is 45.9 Å². The third kappa shape index (κ3) is 3.92. The molecular formula is C21H17F2N5O4. The molecule has 9 nitrogen and oxygen atoms in total. The van der Waals surface area contributed by atoms with E-state index in [4.69, 9.17) is 4.42 Å². The van der Waals surface area contributed by atoms with Gasteiger partial charge in [-0.05, 0) is 43.7 Å². The van der Waals surface area contributed by atoms with Gasteiger partial charge in [0.1, 0.15) is 17.9 Å². The number of amides is 1. The summed E-state index contributed by atoms with van der Waals surface area (Å²) in [4.78, 5) is 27.7.